The van der Waals surface area contributed by atoms with Crippen molar-refractivity contribution in [2.24, 2.45) is 0 Å². The highest BCUT2D eigenvalue weighted by atomic mass is 79.9. The van der Waals surface area contributed by atoms with Gasteiger partial charge in [0.2, 0.25) is 0 Å². The van der Waals surface area contributed by atoms with Gasteiger partial charge in [0, 0.05) is 10.0 Å². The molecule has 0 N–H and O–H groups in total. The monoisotopic (exact) mass is 306 g/mol. The predicted octanol–water partition coefficient (Wildman–Crippen LogP) is 2.78. The average molecular weight is 307 g/mol. The summed E-state index contributed by atoms with van der Waals surface area (Å²) < 4.78 is 7.80. The third-order valence-electron chi connectivity index (χ3n) is 3.25. The number of hydrogen-bond donors (Lipinski definition) is 0. The van der Waals surface area contributed by atoms with E-state index in [1.165, 1.54) is 7.11 Å². The van der Waals surface area contributed by atoms with Crippen molar-refractivity contribution in [1.82, 2.24) is 9.55 Å². The Morgan fingerprint density at radius 2 is 2.39 bits per heavy atom. The number of imidazole rings is 1. The Balaban J connectivity index is 2.14. The molecule has 0 radical (unpaired) electrons. The summed E-state index contributed by atoms with van der Waals surface area (Å²) in [7, 11) is 1.41. The van der Waals surface area contributed by atoms with Gasteiger partial charge in [0.15, 0.2) is 0 Å². The molecule has 1 aromatic heterocycles. The third-order valence-corrected chi connectivity index (χ3v) is 3.94. The van der Waals surface area contributed by atoms with Crippen LogP contribution in [0.5, 0.6) is 0 Å². The SMILES string of the molecule is COC(=O)CC1c2c(Br)cccc2-c2cncn21. The molecule has 1 aromatic carbocycles. The number of ether oxygens (including phenoxy) is 1. The fourth-order valence-electron chi connectivity index (χ4n) is 2.44. The van der Waals surface area contributed by atoms with Crippen LogP contribution in [0.3, 0.4) is 0 Å². The van der Waals surface area contributed by atoms with E-state index in [4.69, 9.17) is 4.74 Å². The van der Waals surface area contributed by atoms with Gasteiger partial charge in [-0.1, -0.05) is 28.1 Å². The number of halogens is 1. The maximum absolute atomic E-state index is 11.5. The number of carbonyl (C=O) groups is 1. The number of benzene rings is 1. The first-order valence-corrected chi connectivity index (χ1v) is 6.39. The van der Waals surface area contributed by atoms with Crippen molar-refractivity contribution < 1.29 is 9.53 Å². The van der Waals surface area contributed by atoms with Gasteiger partial charge in [-0.25, -0.2) is 4.98 Å². The average Bonchev–Trinajstić information content (AvgIpc) is 2.93. The summed E-state index contributed by atoms with van der Waals surface area (Å²) in [5, 5.41) is 0. The molecule has 0 fully saturated rings. The Labute approximate surface area is 113 Å². The topological polar surface area (TPSA) is 44.1 Å². The van der Waals surface area contributed by atoms with Crippen LogP contribution < -0.4 is 0 Å². The summed E-state index contributed by atoms with van der Waals surface area (Å²) in [5.74, 6) is -0.219. The molecule has 0 saturated heterocycles. The normalized spacial score (nSPS) is 16.2. The predicted molar refractivity (Wildman–Crippen MR) is 70.1 cm³/mol. The molecule has 1 unspecified atom stereocenters. The molecule has 3 rings (SSSR count). The molecule has 5 heteroatoms. The van der Waals surface area contributed by atoms with Gasteiger partial charge in [-0.3, -0.25) is 4.79 Å². The first-order valence-electron chi connectivity index (χ1n) is 5.60. The van der Waals surface area contributed by atoms with E-state index in [-0.39, 0.29) is 12.0 Å². The highest BCUT2D eigenvalue weighted by molar-refractivity contribution is 9.10. The molecule has 1 aliphatic heterocycles. The van der Waals surface area contributed by atoms with Crippen molar-refractivity contribution in [3.8, 4) is 11.3 Å². The maximum atomic E-state index is 11.5. The summed E-state index contributed by atoms with van der Waals surface area (Å²) in [4.78, 5) is 15.7. The van der Waals surface area contributed by atoms with Gasteiger partial charge in [-0.05, 0) is 11.6 Å². The van der Waals surface area contributed by atoms with Crippen LogP contribution in [0, 0.1) is 0 Å². The van der Waals surface area contributed by atoms with E-state index >= 15 is 0 Å². The fourth-order valence-corrected chi connectivity index (χ4v) is 3.07. The molecule has 4 nitrogen and oxygen atoms in total. The number of fused-ring (bicyclic) bond motifs is 3. The second-order valence-corrected chi connectivity index (χ2v) is 5.04. The van der Waals surface area contributed by atoms with Gasteiger partial charge in [-0.15, -0.1) is 0 Å². The van der Waals surface area contributed by atoms with Crippen molar-refractivity contribution in [1.29, 1.82) is 0 Å². The Kier molecular flexibility index (Phi) is 2.70. The Morgan fingerprint density at radius 3 is 3.17 bits per heavy atom. The molecule has 1 aliphatic rings. The largest absolute Gasteiger partial charge is 0.469 e. The van der Waals surface area contributed by atoms with Crippen molar-refractivity contribution in [2.45, 2.75) is 12.5 Å². The number of esters is 1. The van der Waals surface area contributed by atoms with E-state index in [0.29, 0.717) is 6.42 Å². The van der Waals surface area contributed by atoms with E-state index in [0.717, 1.165) is 21.3 Å². The molecular formula is C13H11BrN2O2. The molecule has 2 aromatic rings. The molecular weight excluding hydrogens is 296 g/mol. The van der Waals surface area contributed by atoms with Crippen LogP contribution in [0.25, 0.3) is 11.3 Å². The molecule has 0 bridgehead atoms. The molecule has 18 heavy (non-hydrogen) atoms. The van der Waals surface area contributed by atoms with E-state index in [1.54, 1.807) is 6.33 Å². The Hall–Kier alpha value is -1.62. The number of nitrogens with zero attached hydrogens (tertiary/aromatic N) is 2. The highest BCUT2D eigenvalue weighted by Crippen LogP contribution is 2.44. The lowest BCUT2D eigenvalue weighted by atomic mass is 10.0. The van der Waals surface area contributed by atoms with Gasteiger partial charge in [0.05, 0.1) is 37.8 Å². The second-order valence-electron chi connectivity index (χ2n) is 4.18. The van der Waals surface area contributed by atoms with E-state index in [1.807, 2.05) is 29.0 Å². The van der Waals surface area contributed by atoms with Crippen molar-refractivity contribution in [3.05, 3.63) is 40.8 Å². The van der Waals surface area contributed by atoms with Crippen LogP contribution in [0.15, 0.2) is 35.2 Å². The quantitative estimate of drug-likeness (QED) is 0.801. The number of hydrogen-bond acceptors (Lipinski definition) is 3. The van der Waals surface area contributed by atoms with Gasteiger partial charge < -0.3 is 9.30 Å². The number of aromatic nitrogens is 2. The third kappa shape index (κ3) is 1.58. The van der Waals surface area contributed by atoms with Crippen LogP contribution >= 0.6 is 15.9 Å². The Morgan fingerprint density at radius 1 is 1.56 bits per heavy atom. The maximum Gasteiger partial charge on any atom is 0.307 e. The first kappa shape index (κ1) is 11.5. The van der Waals surface area contributed by atoms with Crippen LogP contribution in [0.2, 0.25) is 0 Å². The van der Waals surface area contributed by atoms with E-state index in [2.05, 4.69) is 20.9 Å². The number of rotatable bonds is 2. The summed E-state index contributed by atoms with van der Waals surface area (Å²) >= 11 is 3.56. The van der Waals surface area contributed by atoms with E-state index < -0.39 is 0 Å². The van der Waals surface area contributed by atoms with Crippen LogP contribution in [-0.2, 0) is 9.53 Å². The van der Waals surface area contributed by atoms with Crippen LogP contribution in [-0.4, -0.2) is 22.6 Å². The van der Waals surface area contributed by atoms with Crippen molar-refractivity contribution >= 4 is 21.9 Å². The molecule has 2 heterocycles. The minimum absolute atomic E-state index is 0.0412. The lowest BCUT2D eigenvalue weighted by molar-refractivity contribution is -0.141. The number of carbonyl (C=O) groups excluding carboxylic acids is 1. The van der Waals surface area contributed by atoms with Gasteiger partial charge in [0.1, 0.15) is 0 Å². The zero-order chi connectivity index (χ0) is 12.7. The zero-order valence-corrected chi connectivity index (χ0v) is 11.3. The summed E-state index contributed by atoms with van der Waals surface area (Å²) in [6.07, 6.45) is 3.90. The molecule has 0 aliphatic carbocycles. The molecule has 92 valence electrons. The minimum atomic E-state index is -0.219. The van der Waals surface area contributed by atoms with Crippen molar-refractivity contribution in [3.63, 3.8) is 0 Å². The van der Waals surface area contributed by atoms with E-state index in [9.17, 15) is 4.79 Å². The van der Waals surface area contributed by atoms with Gasteiger partial charge in [0.25, 0.3) is 0 Å². The van der Waals surface area contributed by atoms with Crippen LogP contribution in [0.1, 0.15) is 18.0 Å². The standard InChI is InChI=1S/C13H11BrN2O2/c1-18-12(17)5-10-13-8(3-2-4-9(13)14)11-6-15-7-16(10)11/h2-4,6-7,10H,5H2,1H3. The smallest absolute Gasteiger partial charge is 0.307 e. The first-order chi connectivity index (χ1) is 8.72. The summed E-state index contributed by atoms with van der Waals surface area (Å²) in [5.41, 5.74) is 3.29. The Bertz CT molecular complexity index is 621. The molecule has 0 saturated carbocycles. The fraction of sp³-hybridized carbons (Fsp3) is 0.231. The minimum Gasteiger partial charge on any atom is -0.469 e. The zero-order valence-electron chi connectivity index (χ0n) is 9.76. The lowest BCUT2D eigenvalue weighted by Crippen LogP contribution is -2.12. The summed E-state index contributed by atoms with van der Waals surface area (Å²) in [6, 6.07) is 5.98. The molecule has 0 spiro atoms. The lowest BCUT2D eigenvalue weighted by Gasteiger charge is -2.14. The van der Waals surface area contributed by atoms with Crippen LogP contribution in [0.4, 0.5) is 0 Å². The van der Waals surface area contributed by atoms with Gasteiger partial charge >= 0.3 is 5.97 Å². The molecule has 1 atom stereocenters. The molecule has 0 amide bonds. The van der Waals surface area contributed by atoms with Crippen molar-refractivity contribution in [2.75, 3.05) is 7.11 Å². The summed E-state index contributed by atoms with van der Waals surface area (Å²) in [6.45, 7) is 0. The van der Waals surface area contributed by atoms with Gasteiger partial charge in [-0.2, -0.15) is 0 Å². The highest BCUT2D eigenvalue weighted by Gasteiger charge is 2.31. The second kappa shape index (κ2) is 4.24. The number of methoxy groups -OCH3 is 1.